The van der Waals surface area contributed by atoms with Crippen molar-refractivity contribution in [2.45, 2.75) is 26.4 Å². The van der Waals surface area contributed by atoms with E-state index in [-0.39, 0.29) is 0 Å². The van der Waals surface area contributed by atoms with Crippen molar-refractivity contribution in [1.29, 1.82) is 0 Å². The summed E-state index contributed by atoms with van der Waals surface area (Å²) in [5, 5.41) is 10.7. The summed E-state index contributed by atoms with van der Waals surface area (Å²) >= 11 is 6.03. The molecule has 0 amide bonds. The van der Waals surface area contributed by atoms with E-state index in [0.717, 1.165) is 31.5 Å². The largest absolute Gasteiger partial charge is 0.489 e. The fraction of sp³-hybridized carbons (Fsp3) is 0.625. The molecule has 0 unspecified atom stereocenters. The van der Waals surface area contributed by atoms with Crippen LogP contribution in [0, 0.1) is 11.8 Å². The van der Waals surface area contributed by atoms with Crippen molar-refractivity contribution in [2.24, 2.45) is 11.8 Å². The van der Waals surface area contributed by atoms with Crippen molar-refractivity contribution in [3.05, 3.63) is 29.3 Å². The molecule has 1 fully saturated rings. The maximum absolute atomic E-state index is 10.1. The Labute approximate surface area is 126 Å². The highest BCUT2D eigenvalue weighted by molar-refractivity contribution is 6.32. The summed E-state index contributed by atoms with van der Waals surface area (Å²) in [5.41, 5.74) is 0. The lowest BCUT2D eigenvalue weighted by Crippen LogP contribution is -3.15. The highest BCUT2D eigenvalue weighted by atomic mass is 35.5. The minimum atomic E-state index is -0.446. The van der Waals surface area contributed by atoms with Gasteiger partial charge in [0.1, 0.15) is 25.0 Å². The van der Waals surface area contributed by atoms with Crippen molar-refractivity contribution in [3.63, 3.8) is 0 Å². The van der Waals surface area contributed by atoms with Crippen LogP contribution in [0.15, 0.2) is 24.3 Å². The third kappa shape index (κ3) is 4.65. The highest BCUT2D eigenvalue weighted by Crippen LogP contribution is 2.23. The van der Waals surface area contributed by atoms with Crippen molar-refractivity contribution in [1.82, 2.24) is 0 Å². The Morgan fingerprint density at radius 2 is 1.95 bits per heavy atom. The van der Waals surface area contributed by atoms with Crippen LogP contribution in [-0.2, 0) is 0 Å². The predicted octanol–water partition coefficient (Wildman–Crippen LogP) is 1.64. The molecule has 0 radical (unpaired) electrons. The molecular weight excluding hydrogens is 274 g/mol. The number of nitrogens with one attached hydrogen (secondary N) is 1. The van der Waals surface area contributed by atoms with Crippen LogP contribution in [0.1, 0.15) is 20.3 Å². The fourth-order valence-electron chi connectivity index (χ4n) is 3.23. The molecule has 0 aliphatic carbocycles. The van der Waals surface area contributed by atoms with Gasteiger partial charge in [-0.2, -0.15) is 0 Å². The molecule has 0 saturated carbocycles. The van der Waals surface area contributed by atoms with Gasteiger partial charge in [-0.3, -0.25) is 0 Å². The minimum absolute atomic E-state index is 0.302. The van der Waals surface area contributed by atoms with E-state index in [0.29, 0.717) is 17.4 Å². The molecule has 0 aromatic heterocycles. The molecule has 3 nitrogen and oxygen atoms in total. The lowest BCUT2D eigenvalue weighted by Gasteiger charge is -2.33. The second-order valence-corrected chi connectivity index (χ2v) is 6.61. The minimum Gasteiger partial charge on any atom is -0.489 e. The van der Waals surface area contributed by atoms with Crippen molar-refractivity contribution >= 4 is 11.6 Å². The standard InChI is InChI=1S/C16H24ClNO2/c1-12-7-13(2)9-18(8-12)10-14(19)11-20-16-6-4-3-5-15(16)17/h3-6,12-14,19H,7-11H2,1-2H3/p+1/t12-,13-,14-/m0/s1. The molecule has 1 aromatic rings. The second-order valence-electron chi connectivity index (χ2n) is 6.20. The Balaban J connectivity index is 1.78. The van der Waals surface area contributed by atoms with E-state index < -0.39 is 6.10 Å². The number of rotatable bonds is 5. The molecule has 1 aliphatic heterocycles. The fourth-order valence-corrected chi connectivity index (χ4v) is 3.42. The van der Waals surface area contributed by atoms with E-state index in [1.165, 1.54) is 11.3 Å². The van der Waals surface area contributed by atoms with Gasteiger partial charge in [-0.25, -0.2) is 0 Å². The Bertz CT molecular complexity index is 417. The molecule has 3 atom stereocenters. The maximum Gasteiger partial charge on any atom is 0.138 e. The average Bonchev–Trinajstić information content (AvgIpc) is 2.36. The average molecular weight is 299 g/mol. The molecule has 112 valence electrons. The third-order valence-electron chi connectivity index (χ3n) is 3.87. The van der Waals surface area contributed by atoms with Crippen LogP contribution >= 0.6 is 11.6 Å². The summed E-state index contributed by atoms with van der Waals surface area (Å²) in [7, 11) is 0. The summed E-state index contributed by atoms with van der Waals surface area (Å²) < 4.78 is 5.60. The number of hydrogen-bond acceptors (Lipinski definition) is 2. The van der Waals surface area contributed by atoms with Crippen molar-refractivity contribution in [2.75, 3.05) is 26.2 Å². The number of quaternary nitrogens is 1. The number of aliphatic hydroxyl groups excluding tert-OH is 1. The van der Waals surface area contributed by atoms with Gasteiger partial charge >= 0.3 is 0 Å². The normalized spacial score (nSPS) is 28.1. The summed E-state index contributed by atoms with van der Waals surface area (Å²) in [4.78, 5) is 1.48. The van der Waals surface area contributed by atoms with Crippen LogP contribution in [0.2, 0.25) is 5.02 Å². The SMILES string of the molecule is C[C@H]1C[C@H](C)C[NH+](C[C@H](O)COc2ccccc2Cl)C1. The lowest BCUT2D eigenvalue weighted by atomic mass is 9.92. The van der Waals surface area contributed by atoms with E-state index in [1.54, 1.807) is 6.07 Å². The van der Waals surface area contributed by atoms with Crippen LogP contribution in [0.3, 0.4) is 0 Å². The lowest BCUT2D eigenvalue weighted by molar-refractivity contribution is -0.915. The van der Waals surface area contributed by atoms with Crippen LogP contribution in [0.4, 0.5) is 0 Å². The molecule has 0 spiro atoms. The maximum atomic E-state index is 10.1. The van der Waals surface area contributed by atoms with Gasteiger partial charge in [0.2, 0.25) is 0 Å². The molecule has 20 heavy (non-hydrogen) atoms. The van der Waals surface area contributed by atoms with E-state index >= 15 is 0 Å². The molecular formula is C16H25ClNO2+. The molecule has 1 heterocycles. The summed E-state index contributed by atoms with van der Waals surface area (Å²) in [6.45, 7) is 7.93. The van der Waals surface area contributed by atoms with Gasteiger partial charge in [0.25, 0.3) is 0 Å². The molecule has 2 N–H and O–H groups in total. The van der Waals surface area contributed by atoms with Gasteiger partial charge < -0.3 is 14.7 Å². The Kier molecular flexibility index (Phi) is 5.70. The van der Waals surface area contributed by atoms with Crippen LogP contribution in [-0.4, -0.2) is 37.5 Å². The number of halogens is 1. The molecule has 4 heteroatoms. The number of piperidine rings is 1. The van der Waals surface area contributed by atoms with Crippen LogP contribution < -0.4 is 9.64 Å². The van der Waals surface area contributed by atoms with Gasteiger partial charge in [-0.1, -0.05) is 37.6 Å². The van der Waals surface area contributed by atoms with E-state index in [2.05, 4.69) is 13.8 Å². The van der Waals surface area contributed by atoms with Gasteiger partial charge in [0.05, 0.1) is 18.1 Å². The van der Waals surface area contributed by atoms with Crippen LogP contribution in [0.25, 0.3) is 0 Å². The predicted molar refractivity (Wildman–Crippen MR) is 81.5 cm³/mol. The molecule has 1 aliphatic rings. The Morgan fingerprint density at radius 3 is 2.60 bits per heavy atom. The topological polar surface area (TPSA) is 33.9 Å². The van der Waals surface area contributed by atoms with Crippen molar-refractivity contribution in [3.8, 4) is 5.75 Å². The van der Waals surface area contributed by atoms with Gasteiger partial charge in [0, 0.05) is 11.8 Å². The third-order valence-corrected chi connectivity index (χ3v) is 4.18. The molecule has 1 aromatic carbocycles. The summed E-state index contributed by atoms with van der Waals surface area (Å²) in [5.74, 6) is 2.12. The Morgan fingerprint density at radius 1 is 1.30 bits per heavy atom. The zero-order chi connectivity index (χ0) is 14.5. The quantitative estimate of drug-likeness (QED) is 0.866. The summed E-state index contributed by atoms with van der Waals surface area (Å²) in [6.07, 6.45) is 0.856. The zero-order valence-corrected chi connectivity index (χ0v) is 13.1. The Hall–Kier alpha value is -0.770. The summed E-state index contributed by atoms with van der Waals surface area (Å²) in [6, 6.07) is 7.37. The first-order chi connectivity index (χ1) is 9.54. The molecule has 2 rings (SSSR count). The zero-order valence-electron chi connectivity index (χ0n) is 12.3. The first kappa shape index (κ1) is 15.6. The van der Waals surface area contributed by atoms with E-state index in [1.807, 2.05) is 18.2 Å². The molecule has 0 bridgehead atoms. The van der Waals surface area contributed by atoms with Gasteiger partial charge in [0.15, 0.2) is 0 Å². The van der Waals surface area contributed by atoms with E-state index in [9.17, 15) is 5.11 Å². The number of hydrogen-bond donors (Lipinski definition) is 2. The number of aliphatic hydroxyl groups is 1. The number of para-hydroxylation sites is 1. The number of benzene rings is 1. The smallest absolute Gasteiger partial charge is 0.138 e. The van der Waals surface area contributed by atoms with Gasteiger partial charge in [-0.05, 0) is 18.6 Å². The van der Waals surface area contributed by atoms with Crippen molar-refractivity contribution < 1.29 is 14.7 Å². The van der Waals surface area contributed by atoms with Crippen LogP contribution in [0.5, 0.6) is 5.75 Å². The number of likely N-dealkylation sites (tertiary alicyclic amines) is 1. The first-order valence-corrected chi connectivity index (χ1v) is 7.81. The van der Waals surface area contributed by atoms with E-state index in [4.69, 9.17) is 16.3 Å². The molecule has 1 saturated heterocycles. The second kappa shape index (κ2) is 7.30. The first-order valence-electron chi connectivity index (χ1n) is 7.43. The highest BCUT2D eigenvalue weighted by Gasteiger charge is 2.26. The van der Waals surface area contributed by atoms with Gasteiger partial charge in [-0.15, -0.1) is 0 Å². The number of ether oxygens (including phenoxy) is 1. The monoisotopic (exact) mass is 298 g/mol.